The lowest BCUT2D eigenvalue weighted by atomic mass is 10.3. The van der Waals surface area contributed by atoms with Gasteiger partial charge in [-0.05, 0) is 47.2 Å². The summed E-state index contributed by atoms with van der Waals surface area (Å²) >= 11 is 2.22. The van der Waals surface area contributed by atoms with Gasteiger partial charge in [-0.3, -0.25) is 0 Å². The first kappa shape index (κ1) is 14.8. The first-order chi connectivity index (χ1) is 9.71. The van der Waals surface area contributed by atoms with Crippen LogP contribution in [-0.4, -0.2) is 28.6 Å². The molecule has 0 aliphatic carbocycles. The minimum absolute atomic E-state index is 0.206. The summed E-state index contributed by atoms with van der Waals surface area (Å²) in [6.07, 6.45) is 0.883. The Morgan fingerprint density at radius 1 is 1.20 bits per heavy atom. The number of anilines is 1. The van der Waals surface area contributed by atoms with Gasteiger partial charge in [0.05, 0.1) is 6.61 Å². The second-order valence-corrected chi connectivity index (χ2v) is 5.13. The van der Waals surface area contributed by atoms with Crippen LogP contribution < -0.4 is 14.8 Å². The first-order valence-electron chi connectivity index (χ1n) is 6.21. The molecule has 0 spiro atoms. The molecule has 0 aliphatic heterocycles. The van der Waals surface area contributed by atoms with Gasteiger partial charge < -0.3 is 14.8 Å². The van der Waals surface area contributed by atoms with Crippen molar-refractivity contribution >= 4 is 28.5 Å². The Balaban J connectivity index is 2.21. The second-order valence-electron chi connectivity index (χ2n) is 3.88. The summed E-state index contributed by atoms with van der Waals surface area (Å²) in [4.78, 5) is 12.4. The third-order valence-corrected chi connectivity index (χ3v) is 2.93. The molecule has 2 rings (SSSR count). The molecule has 2 aromatic rings. The van der Waals surface area contributed by atoms with Gasteiger partial charge in [0.1, 0.15) is 5.75 Å². The predicted octanol–water partition coefficient (Wildman–Crippen LogP) is 3.10. The molecule has 0 radical (unpaired) electrons. The Hall–Kier alpha value is -1.64. The number of aromatic nitrogens is 3. The van der Waals surface area contributed by atoms with E-state index in [4.69, 9.17) is 9.47 Å². The fraction of sp³-hybridized carbons (Fsp3) is 0.308. The molecule has 1 aromatic carbocycles. The monoisotopic (exact) mass is 386 g/mol. The van der Waals surface area contributed by atoms with Crippen molar-refractivity contribution in [3.8, 4) is 17.8 Å². The van der Waals surface area contributed by atoms with Crippen LogP contribution >= 0.6 is 22.6 Å². The molecule has 0 unspecified atom stereocenters. The van der Waals surface area contributed by atoms with Crippen molar-refractivity contribution in [1.29, 1.82) is 0 Å². The van der Waals surface area contributed by atoms with Crippen molar-refractivity contribution in [2.24, 2.45) is 0 Å². The lowest BCUT2D eigenvalue weighted by Crippen LogP contribution is -2.06. The Morgan fingerprint density at radius 2 is 2.00 bits per heavy atom. The smallest absolute Gasteiger partial charge is 0.330 e. The lowest BCUT2D eigenvalue weighted by molar-refractivity contribution is 0.285. The largest absolute Gasteiger partial charge is 0.463 e. The van der Waals surface area contributed by atoms with Gasteiger partial charge >= 0.3 is 12.0 Å². The maximum atomic E-state index is 5.64. The zero-order valence-electron chi connectivity index (χ0n) is 11.3. The van der Waals surface area contributed by atoms with Crippen molar-refractivity contribution in [1.82, 2.24) is 15.0 Å². The zero-order chi connectivity index (χ0) is 14.4. The van der Waals surface area contributed by atoms with Crippen LogP contribution in [-0.2, 0) is 0 Å². The molecule has 0 aliphatic rings. The molecule has 0 amide bonds. The molecule has 1 heterocycles. The summed E-state index contributed by atoms with van der Waals surface area (Å²) in [5.41, 5.74) is 0. The highest BCUT2D eigenvalue weighted by Gasteiger charge is 2.08. The first-order valence-corrected chi connectivity index (χ1v) is 7.29. The van der Waals surface area contributed by atoms with Crippen molar-refractivity contribution < 1.29 is 9.47 Å². The number of nitrogens with one attached hydrogen (secondary N) is 1. The molecule has 0 saturated heterocycles. The fourth-order valence-electron chi connectivity index (χ4n) is 1.39. The summed E-state index contributed by atoms with van der Waals surface area (Å²) in [6, 6.07) is 8.10. The predicted molar refractivity (Wildman–Crippen MR) is 84.4 cm³/mol. The highest BCUT2D eigenvalue weighted by atomic mass is 127. The van der Waals surface area contributed by atoms with Crippen LogP contribution in [0.5, 0.6) is 17.8 Å². The Labute approximate surface area is 131 Å². The molecule has 20 heavy (non-hydrogen) atoms. The van der Waals surface area contributed by atoms with E-state index >= 15 is 0 Å². The van der Waals surface area contributed by atoms with E-state index in [1.54, 1.807) is 7.05 Å². The van der Waals surface area contributed by atoms with E-state index in [0.29, 0.717) is 18.3 Å². The normalized spacial score (nSPS) is 10.2. The number of ether oxygens (including phenoxy) is 2. The maximum absolute atomic E-state index is 5.64. The summed E-state index contributed by atoms with van der Waals surface area (Å²) in [5.74, 6) is 1.08. The van der Waals surface area contributed by atoms with E-state index in [9.17, 15) is 0 Å². The van der Waals surface area contributed by atoms with Gasteiger partial charge in [0.2, 0.25) is 5.95 Å². The van der Waals surface area contributed by atoms with E-state index in [-0.39, 0.29) is 12.0 Å². The summed E-state index contributed by atoms with van der Waals surface area (Å²) in [6.45, 7) is 2.57. The van der Waals surface area contributed by atoms with E-state index in [2.05, 4.69) is 42.9 Å². The highest BCUT2D eigenvalue weighted by molar-refractivity contribution is 14.1. The Bertz CT molecular complexity index is 580. The lowest BCUT2D eigenvalue weighted by Gasteiger charge is -2.08. The van der Waals surface area contributed by atoms with Crippen LogP contribution in [0.4, 0.5) is 5.95 Å². The number of halogens is 1. The summed E-state index contributed by atoms with van der Waals surface area (Å²) < 4.78 is 12.1. The Kier molecular flexibility index (Phi) is 5.33. The minimum Gasteiger partial charge on any atom is -0.463 e. The van der Waals surface area contributed by atoms with Crippen LogP contribution in [0.15, 0.2) is 24.3 Å². The maximum Gasteiger partial charge on any atom is 0.330 e. The average Bonchev–Trinajstić information content (AvgIpc) is 2.45. The van der Waals surface area contributed by atoms with Crippen LogP contribution in [0.25, 0.3) is 0 Å². The number of nitrogens with zero attached hydrogens (tertiary/aromatic N) is 3. The quantitative estimate of drug-likeness (QED) is 0.770. The number of benzene rings is 1. The number of rotatable bonds is 6. The van der Waals surface area contributed by atoms with Crippen LogP contribution in [0.2, 0.25) is 0 Å². The fourth-order valence-corrected chi connectivity index (χ4v) is 1.90. The van der Waals surface area contributed by atoms with Gasteiger partial charge in [-0.1, -0.05) is 13.0 Å². The number of hydrogen-bond donors (Lipinski definition) is 1. The van der Waals surface area contributed by atoms with Gasteiger partial charge in [-0.2, -0.15) is 9.97 Å². The summed E-state index contributed by atoms with van der Waals surface area (Å²) in [7, 11) is 1.73. The van der Waals surface area contributed by atoms with Gasteiger partial charge in [0, 0.05) is 10.6 Å². The third-order valence-electron chi connectivity index (χ3n) is 2.26. The summed E-state index contributed by atoms with van der Waals surface area (Å²) in [5, 5.41) is 2.86. The molecule has 0 fully saturated rings. The van der Waals surface area contributed by atoms with Gasteiger partial charge in [-0.15, -0.1) is 4.98 Å². The number of hydrogen-bond acceptors (Lipinski definition) is 6. The SMILES string of the molecule is CCCOc1nc(NC)nc(Oc2cccc(I)c2)n1. The van der Waals surface area contributed by atoms with Crippen LogP contribution in [0.1, 0.15) is 13.3 Å². The molecule has 7 heteroatoms. The van der Waals surface area contributed by atoms with Gasteiger partial charge in [0.15, 0.2) is 0 Å². The molecule has 1 aromatic heterocycles. The van der Waals surface area contributed by atoms with Crippen molar-refractivity contribution in [2.45, 2.75) is 13.3 Å². The van der Waals surface area contributed by atoms with E-state index in [0.717, 1.165) is 9.99 Å². The average molecular weight is 386 g/mol. The molecule has 0 atom stereocenters. The van der Waals surface area contributed by atoms with Gasteiger partial charge in [-0.25, -0.2) is 0 Å². The van der Waals surface area contributed by atoms with Crippen molar-refractivity contribution in [3.63, 3.8) is 0 Å². The van der Waals surface area contributed by atoms with E-state index in [1.165, 1.54) is 0 Å². The minimum atomic E-state index is 0.206. The third kappa shape index (κ3) is 4.19. The molecule has 6 nitrogen and oxygen atoms in total. The second kappa shape index (κ2) is 7.22. The standard InChI is InChI=1S/C13H15IN4O2/c1-3-7-19-12-16-11(15-2)17-13(18-12)20-10-6-4-5-9(14)8-10/h4-6,8H,3,7H2,1-2H3,(H,15,16,17,18). The highest BCUT2D eigenvalue weighted by Crippen LogP contribution is 2.22. The van der Waals surface area contributed by atoms with Crippen LogP contribution in [0.3, 0.4) is 0 Å². The molecule has 0 bridgehead atoms. The zero-order valence-corrected chi connectivity index (χ0v) is 13.4. The molecule has 106 valence electrons. The van der Waals surface area contributed by atoms with E-state index < -0.39 is 0 Å². The molecular weight excluding hydrogens is 371 g/mol. The van der Waals surface area contributed by atoms with Crippen LogP contribution in [0, 0.1) is 3.57 Å². The topological polar surface area (TPSA) is 69.2 Å². The molecule has 0 saturated carbocycles. The van der Waals surface area contributed by atoms with Crippen molar-refractivity contribution in [3.05, 3.63) is 27.8 Å². The van der Waals surface area contributed by atoms with Crippen molar-refractivity contribution in [2.75, 3.05) is 19.0 Å². The Morgan fingerprint density at radius 3 is 2.70 bits per heavy atom. The molecule has 1 N–H and O–H groups in total. The van der Waals surface area contributed by atoms with Gasteiger partial charge in [0.25, 0.3) is 0 Å². The molecular formula is C13H15IN4O2. The van der Waals surface area contributed by atoms with E-state index in [1.807, 2.05) is 31.2 Å².